The summed E-state index contributed by atoms with van der Waals surface area (Å²) in [4.78, 5) is 11.2. The third kappa shape index (κ3) is 2.06. The van der Waals surface area contributed by atoms with E-state index in [1.54, 1.807) is 30.3 Å². The molecule has 1 aromatic rings. The maximum atomic E-state index is 11.2. The average Bonchev–Trinajstić information content (AvgIpc) is 2.71. The fraction of sp³-hybridized carbons (Fsp3) is 0.0909. The second-order valence-electron chi connectivity index (χ2n) is 3.35. The number of rotatable bonds is 2. The highest BCUT2D eigenvalue weighted by atomic mass is 16.1. The van der Waals surface area contributed by atoms with Crippen LogP contribution < -0.4 is 10.7 Å². The van der Waals surface area contributed by atoms with Crippen LogP contribution in [-0.2, 0) is 11.2 Å². The fourth-order valence-electron chi connectivity index (χ4n) is 1.55. The van der Waals surface area contributed by atoms with Crippen LogP contribution in [0.4, 0.5) is 11.4 Å². The largest absolute Gasteiger partial charge is 0.325 e. The van der Waals surface area contributed by atoms with Gasteiger partial charge >= 0.3 is 0 Å². The number of carbonyl (C=O) groups excluding carboxylic acids is 1. The number of nitrogens with zero attached hydrogens (tertiary/aromatic N) is 3. The molecule has 2 N–H and O–H groups in total. The van der Waals surface area contributed by atoms with E-state index in [-0.39, 0.29) is 18.0 Å². The number of benzene rings is 1. The van der Waals surface area contributed by atoms with Gasteiger partial charge in [0.1, 0.15) is 12.1 Å². The Kier molecular flexibility index (Phi) is 2.71. The minimum Gasteiger partial charge on any atom is -0.325 e. The highest BCUT2D eigenvalue weighted by molar-refractivity contribution is 6.10. The molecule has 0 fully saturated rings. The molecule has 6 nitrogen and oxygen atoms in total. The van der Waals surface area contributed by atoms with Crippen LogP contribution in [0.15, 0.2) is 23.3 Å². The molecule has 2 rings (SSSR count). The smallest absolute Gasteiger partial charge is 0.237 e. The number of nitrogens with one attached hydrogen (secondary N) is 2. The van der Waals surface area contributed by atoms with Crippen molar-refractivity contribution in [2.75, 3.05) is 10.7 Å². The lowest BCUT2D eigenvalue weighted by atomic mass is 10.1. The Labute approximate surface area is 97.2 Å². The van der Waals surface area contributed by atoms with Crippen molar-refractivity contribution >= 4 is 23.0 Å². The number of amides is 1. The van der Waals surface area contributed by atoms with Crippen LogP contribution in [0.5, 0.6) is 0 Å². The number of anilines is 2. The van der Waals surface area contributed by atoms with E-state index in [1.165, 1.54) is 0 Å². The first-order valence-corrected chi connectivity index (χ1v) is 4.80. The molecule has 6 heteroatoms. The Balaban J connectivity index is 2.29. The van der Waals surface area contributed by atoms with Gasteiger partial charge in [-0.15, -0.1) is 0 Å². The van der Waals surface area contributed by atoms with E-state index in [9.17, 15) is 4.79 Å². The molecule has 1 aliphatic rings. The van der Waals surface area contributed by atoms with E-state index in [1.807, 2.05) is 0 Å². The van der Waals surface area contributed by atoms with Crippen molar-refractivity contribution in [2.45, 2.75) is 6.42 Å². The molecule has 1 aromatic carbocycles. The Hall–Kier alpha value is -2.86. The van der Waals surface area contributed by atoms with Crippen LogP contribution in [0.25, 0.3) is 0 Å². The van der Waals surface area contributed by atoms with Crippen LogP contribution in [-0.4, -0.2) is 11.6 Å². The molecule has 0 radical (unpaired) electrons. The van der Waals surface area contributed by atoms with Crippen molar-refractivity contribution in [3.05, 3.63) is 23.8 Å². The standard InChI is InChI=1S/C11H7N5O/c12-5-7(6-13)15-16-10-3-1-2-9-8(10)4-11(17)14-9/h1-3,16H,4H2,(H,14,17). The Morgan fingerprint density at radius 3 is 2.88 bits per heavy atom. The number of hydrogen-bond donors (Lipinski definition) is 2. The van der Waals surface area contributed by atoms with Crippen molar-refractivity contribution in [1.82, 2.24) is 0 Å². The van der Waals surface area contributed by atoms with E-state index in [0.717, 1.165) is 11.3 Å². The van der Waals surface area contributed by atoms with Crippen molar-refractivity contribution in [3.63, 3.8) is 0 Å². The number of fused-ring (bicyclic) bond motifs is 1. The third-order valence-corrected chi connectivity index (χ3v) is 2.29. The normalized spacial score (nSPS) is 11.8. The molecule has 0 saturated carbocycles. The van der Waals surface area contributed by atoms with Crippen LogP contribution in [0.2, 0.25) is 0 Å². The molecule has 0 bridgehead atoms. The molecule has 0 aromatic heterocycles. The molecular weight excluding hydrogens is 218 g/mol. The molecule has 1 amide bonds. The summed E-state index contributed by atoms with van der Waals surface area (Å²) in [7, 11) is 0. The molecule has 0 saturated heterocycles. The van der Waals surface area contributed by atoms with Gasteiger partial charge in [-0.3, -0.25) is 10.2 Å². The lowest BCUT2D eigenvalue weighted by Gasteiger charge is -2.05. The quantitative estimate of drug-likeness (QED) is 0.579. The molecule has 0 atom stereocenters. The summed E-state index contributed by atoms with van der Waals surface area (Å²) >= 11 is 0. The lowest BCUT2D eigenvalue weighted by Crippen LogP contribution is -2.03. The molecule has 1 heterocycles. The van der Waals surface area contributed by atoms with Crippen LogP contribution in [0, 0.1) is 22.7 Å². The topological polar surface area (TPSA) is 101 Å². The van der Waals surface area contributed by atoms with Crippen LogP contribution >= 0.6 is 0 Å². The number of carbonyl (C=O) groups is 1. The molecule has 0 spiro atoms. The van der Waals surface area contributed by atoms with Crippen LogP contribution in [0.1, 0.15) is 5.56 Å². The van der Waals surface area contributed by atoms with Gasteiger partial charge in [0.2, 0.25) is 11.6 Å². The van der Waals surface area contributed by atoms with Gasteiger partial charge in [-0.1, -0.05) is 6.07 Å². The summed E-state index contributed by atoms with van der Waals surface area (Å²) in [6.07, 6.45) is 0.266. The minimum absolute atomic E-state index is 0.0842. The molecule has 17 heavy (non-hydrogen) atoms. The van der Waals surface area contributed by atoms with Gasteiger partial charge in [-0.2, -0.15) is 15.6 Å². The van der Waals surface area contributed by atoms with Gasteiger partial charge in [-0.05, 0) is 12.1 Å². The van der Waals surface area contributed by atoms with E-state index in [0.29, 0.717) is 5.69 Å². The van der Waals surface area contributed by atoms with Crippen molar-refractivity contribution in [2.24, 2.45) is 5.10 Å². The maximum Gasteiger partial charge on any atom is 0.237 e. The van der Waals surface area contributed by atoms with Gasteiger partial charge in [-0.25, -0.2) is 0 Å². The third-order valence-electron chi connectivity index (χ3n) is 2.29. The molecule has 0 aliphatic carbocycles. The second-order valence-corrected chi connectivity index (χ2v) is 3.35. The predicted molar refractivity (Wildman–Crippen MR) is 61.1 cm³/mol. The number of hydrogen-bond acceptors (Lipinski definition) is 5. The molecule has 1 aliphatic heterocycles. The first-order chi connectivity index (χ1) is 8.24. The average molecular weight is 225 g/mol. The van der Waals surface area contributed by atoms with Gasteiger partial charge in [0.25, 0.3) is 0 Å². The van der Waals surface area contributed by atoms with E-state index < -0.39 is 0 Å². The zero-order valence-electron chi connectivity index (χ0n) is 8.69. The number of nitriles is 2. The lowest BCUT2D eigenvalue weighted by molar-refractivity contribution is -0.115. The van der Waals surface area contributed by atoms with Gasteiger partial charge in [0.15, 0.2) is 0 Å². The zero-order chi connectivity index (χ0) is 12.3. The fourth-order valence-corrected chi connectivity index (χ4v) is 1.55. The predicted octanol–water partition coefficient (Wildman–Crippen LogP) is 0.996. The minimum atomic E-state index is -0.264. The van der Waals surface area contributed by atoms with Crippen LogP contribution in [0.3, 0.4) is 0 Å². The zero-order valence-corrected chi connectivity index (χ0v) is 8.69. The van der Waals surface area contributed by atoms with E-state index in [2.05, 4.69) is 15.8 Å². The summed E-state index contributed by atoms with van der Waals surface area (Å²) in [5.41, 5.74) is 4.48. The first-order valence-electron chi connectivity index (χ1n) is 4.80. The van der Waals surface area contributed by atoms with E-state index >= 15 is 0 Å². The summed E-state index contributed by atoms with van der Waals surface area (Å²) < 4.78 is 0. The monoisotopic (exact) mass is 225 g/mol. The number of hydrazone groups is 1. The second kappa shape index (κ2) is 4.33. The highest BCUT2D eigenvalue weighted by Crippen LogP contribution is 2.29. The summed E-state index contributed by atoms with van der Waals surface area (Å²) in [5, 5.41) is 23.4. The summed E-state index contributed by atoms with van der Waals surface area (Å²) in [6.45, 7) is 0. The van der Waals surface area contributed by atoms with Gasteiger partial charge < -0.3 is 5.32 Å². The van der Waals surface area contributed by atoms with Gasteiger partial charge in [0, 0.05) is 11.3 Å². The Morgan fingerprint density at radius 1 is 1.41 bits per heavy atom. The summed E-state index contributed by atoms with van der Waals surface area (Å²) in [6, 6.07) is 8.55. The van der Waals surface area contributed by atoms with Crippen molar-refractivity contribution in [3.8, 4) is 12.1 Å². The van der Waals surface area contributed by atoms with E-state index in [4.69, 9.17) is 10.5 Å². The highest BCUT2D eigenvalue weighted by Gasteiger charge is 2.20. The SMILES string of the molecule is N#CC(C#N)=NNc1cccc2c1CC(=O)N2. The van der Waals surface area contributed by atoms with Gasteiger partial charge in [0.05, 0.1) is 12.1 Å². The summed E-state index contributed by atoms with van der Waals surface area (Å²) in [5.74, 6) is -0.0842. The van der Waals surface area contributed by atoms with Crippen molar-refractivity contribution < 1.29 is 4.79 Å². The molecular formula is C11H7N5O. The Morgan fingerprint density at radius 2 is 2.18 bits per heavy atom. The molecule has 0 unspecified atom stereocenters. The Bertz CT molecular complexity index is 575. The maximum absolute atomic E-state index is 11.2. The molecule has 82 valence electrons. The first kappa shape index (κ1) is 10.7. The van der Waals surface area contributed by atoms with Crippen molar-refractivity contribution in [1.29, 1.82) is 10.5 Å².